The molecule has 112 valence electrons. The summed E-state index contributed by atoms with van der Waals surface area (Å²) >= 11 is 4.85. The van der Waals surface area contributed by atoms with Crippen molar-refractivity contribution in [2.24, 2.45) is 0 Å². The lowest BCUT2D eigenvalue weighted by atomic mass is 10.0. The number of ether oxygens (including phenoxy) is 1. The van der Waals surface area contributed by atoms with Gasteiger partial charge < -0.3 is 10.1 Å². The first-order valence-electron chi connectivity index (χ1n) is 6.35. The van der Waals surface area contributed by atoms with Crippen LogP contribution >= 0.6 is 12.2 Å². The summed E-state index contributed by atoms with van der Waals surface area (Å²) in [4.78, 5) is 11.7. The van der Waals surface area contributed by atoms with Gasteiger partial charge in [-0.05, 0) is 35.1 Å². The topological polar surface area (TPSA) is 50.4 Å². The maximum absolute atomic E-state index is 12.6. The molecule has 2 aromatic rings. The van der Waals surface area contributed by atoms with E-state index in [0.29, 0.717) is 10.9 Å². The molecule has 7 heteroatoms. The number of thiocarbonyl (C=S) groups is 1. The highest BCUT2D eigenvalue weighted by Gasteiger charge is 2.21. The molecule has 0 bridgehead atoms. The number of rotatable bonds is 3. The van der Waals surface area contributed by atoms with Crippen LogP contribution in [0.15, 0.2) is 42.1 Å². The van der Waals surface area contributed by atoms with E-state index < -0.39 is 12.5 Å². The largest absolute Gasteiger partial charge is 0.434 e. The van der Waals surface area contributed by atoms with Crippen molar-refractivity contribution in [1.29, 1.82) is 0 Å². The first-order valence-corrected chi connectivity index (χ1v) is 6.76. The summed E-state index contributed by atoms with van der Waals surface area (Å²) in [5.74, 6) is -0.422. The van der Waals surface area contributed by atoms with Gasteiger partial charge >= 0.3 is 6.61 Å². The molecule has 1 amide bonds. The van der Waals surface area contributed by atoms with Crippen molar-refractivity contribution in [3.63, 3.8) is 0 Å². The summed E-state index contributed by atoms with van der Waals surface area (Å²) in [5, 5.41) is 6.82. The van der Waals surface area contributed by atoms with Crippen LogP contribution in [0.3, 0.4) is 0 Å². The quantitative estimate of drug-likeness (QED) is 0.674. The third kappa shape index (κ3) is 2.75. The maximum Gasteiger partial charge on any atom is 0.387 e. The smallest absolute Gasteiger partial charge is 0.387 e. The van der Waals surface area contributed by atoms with E-state index in [-0.39, 0.29) is 16.6 Å². The molecule has 0 saturated carbocycles. The van der Waals surface area contributed by atoms with E-state index in [1.54, 1.807) is 18.2 Å². The molecule has 1 aliphatic rings. The summed E-state index contributed by atoms with van der Waals surface area (Å²) in [5.41, 5.74) is 0.571. The van der Waals surface area contributed by atoms with E-state index in [9.17, 15) is 13.6 Å². The van der Waals surface area contributed by atoms with Crippen molar-refractivity contribution in [3.8, 4) is 5.75 Å². The van der Waals surface area contributed by atoms with Crippen molar-refractivity contribution in [2.45, 2.75) is 6.61 Å². The van der Waals surface area contributed by atoms with Gasteiger partial charge in [0.2, 0.25) is 0 Å². The van der Waals surface area contributed by atoms with Crippen molar-refractivity contribution in [1.82, 2.24) is 10.6 Å². The Morgan fingerprint density at radius 2 is 1.91 bits per heavy atom. The maximum atomic E-state index is 12.6. The molecule has 1 fully saturated rings. The number of hydrogen-bond acceptors (Lipinski definition) is 3. The minimum Gasteiger partial charge on any atom is -0.434 e. The molecule has 22 heavy (non-hydrogen) atoms. The fraction of sp³-hybridized carbons (Fsp3) is 0.0667. The predicted molar refractivity (Wildman–Crippen MR) is 82.4 cm³/mol. The molecule has 0 spiro atoms. The Hall–Kier alpha value is -2.54. The van der Waals surface area contributed by atoms with Crippen LogP contribution in [0.5, 0.6) is 5.75 Å². The summed E-state index contributed by atoms with van der Waals surface area (Å²) in [6.07, 6.45) is 1.45. The number of amides is 1. The third-order valence-electron chi connectivity index (χ3n) is 3.16. The number of hydrogen-bond donors (Lipinski definition) is 2. The van der Waals surface area contributed by atoms with Crippen molar-refractivity contribution < 1.29 is 18.3 Å². The van der Waals surface area contributed by atoms with Gasteiger partial charge in [0, 0.05) is 5.56 Å². The predicted octanol–water partition coefficient (Wildman–Crippen LogP) is 2.79. The molecule has 0 aromatic heterocycles. The van der Waals surface area contributed by atoms with E-state index in [1.807, 2.05) is 12.1 Å². The summed E-state index contributed by atoms with van der Waals surface area (Å²) < 4.78 is 29.7. The van der Waals surface area contributed by atoms with Crippen LogP contribution in [-0.2, 0) is 4.79 Å². The van der Waals surface area contributed by atoms with E-state index in [1.165, 1.54) is 12.1 Å². The van der Waals surface area contributed by atoms with Gasteiger partial charge in [0.05, 0.1) is 0 Å². The zero-order chi connectivity index (χ0) is 15.7. The van der Waals surface area contributed by atoms with Gasteiger partial charge in [-0.3, -0.25) is 10.1 Å². The normalized spacial score (nSPS) is 16.2. The van der Waals surface area contributed by atoms with Gasteiger partial charge in [-0.2, -0.15) is 8.78 Å². The van der Waals surface area contributed by atoms with Gasteiger partial charge in [-0.1, -0.05) is 30.3 Å². The monoisotopic (exact) mass is 320 g/mol. The number of carbonyl (C=O) groups is 1. The Labute approximate surface area is 129 Å². The third-order valence-corrected chi connectivity index (χ3v) is 3.36. The molecule has 0 aliphatic carbocycles. The zero-order valence-corrected chi connectivity index (χ0v) is 11.9. The van der Waals surface area contributed by atoms with Crippen LogP contribution in [-0.4, -0.2) is 17.6 Å². The minimum absolute atomic E-state index is 0.00591. The van der Waals surface area contributed by atoms with Crippen LogP contribution in [0, 0.1) is 0 Å². The fourth-order valence-corrected chi connectivity index (χ4v) is 2.45. The van der Waals surface area contributed by atoms with E-state index in [0.717, 1.165) is 5.39 Å². The molecule has 3 rings (SSSR count). The van der Waals surface area contributed by atoms with Crippen LogP contribution in [0.2, 0.25) is 0 Å². The number of nitrogens with one attached hydrogen (secondary N) is 2. The highest BCUT2D eigenvalue weighted by Crippen LogP contribution is 2.31. The lowest BCUT2D eigenvalue weighted by molar-refractivity contribution is -0.115. The van der Waals surface area contributed by atoms with Gasteiger partial charge in [0.1, 0.15) is 11.4 Å². The van der Waals surface area contributed by atoms with Gasteiger partial charge in [-0.15, -0.1) is 0 Å². The Morgan fingerprint density at radius 3 is 2.59 bits per heavy atom. The lowest BCUT2D eigenvalue weighted by Crippen LogP contribution is -2.21. The average molecular weight is 320 g/mol. The first kappa shape index (κ1) is 14.4. The van der Waals surface area contributed by atoms with E-state index in [2.05, 4.69) is 15.4 Å². The Kier molecular flexibility index (Phi) is 3.72. The Morgan fingerprint density at radius 1 is 1.14 bits per heavy atom. The number of alkyl halides is 2. The highest BCUT2D eigenvalue weighted by molar-refractivity contribution is 7.80. The van der Waals surface area contributed by atoms with Gasteiger partial charge in [0.15, 0.2) is 5.11 Å². The molecule has 2 N–H and O–H groups in total. The molecule has 0 unspecified atom stereocenters. The van der Waals surface area contributed by atoms with Crippen molar-refractivity contribution in [2.75, 3.05) is 0 Å². The average Bonchev–Trinajstić information content (AvgIpc) is 2.79. The summed E-state index contributed by atoms with van der Waals surface area (Å²) in [7, 11) is 0. The Bertz CT molecular complexity index is 805. The van der Waals surface area contributed by atoms with Gasteiger partial charge in [-0.25, -0.2) is 0 Å². The summed E-state index contributed by atoms with van der Waals surface area (Å²) in [6, 6.07) is 10.4. The van der Waals surface area contributed by atoms with Gasteiger partial charge in [0.25, 0.3) is 5.91 Å². The second kappa shape index (κ2) is 5.69. The molecule has 1 heterocycles. The molecule has 4 nitrogen and oxygen atoms in total. The highest BCUT2D eigenvalue weighted by atomic mass is 32.1. The number of benzene rings is 2. The molecule has 1 saturated heterocycles. The second-order valence-corrected chi connectivity index (χ2v) is 4.95. The molecule has 0 atom stereocenters. The van der Waals surface area contributed by atoms with Crippen LogP contribution in [0.4, 0.5) is 8.78 Å². The number of carbonyl (C=O) groups excluding carboxylic acids is 1. The molecular formula is C15H10F2N2O2S. The van der Waals surface area contributed by atoms with Crippen LogP contribution < -0.4 is 15.4 Å². The molecule has 2 aromatic carbocycles. The molecular weight excluding hydrogens is 310 g/mol. The second-order valence-electron chi connectivity index (χ2n) is 4.54. The summed E-state index contributed by atoms with van der Waals surface area (Å²) in [6.45, 7) is -2.95. The van der Waals surface area contributed by atoms with Crippen molar-refractivity contribution >= 4 is 40.1 Å². The number of halogens is 2. The van der Waals surface area contributed by atoms with E-state index in [4.69, 9.17) is 12.2 Å². The van der Waals surface area contributed by atoms with E-state index >= 15 is 0 Å². The Balaban J connectivity index is 2.18. The first-order chi connectivity index (χ1) is 10.5. The van der Waals surface area contributed by atoms with Crippen LogP contribution in [0.25, 0.3) is 16.8 Å². The minimum atomic E-state index is -2.95. The number of fused-ring (bicyclic) bond motifs is 1. The van der Waals surface area contributed by atoms with Crippen LogP contribution in [0.1, 0.15) is 5.56 Å². The van der Waals surface area contributed by atoms with Crippen molar-refractivity contribution in [3.05, 3.63) is 47.7 Å². The molecule has 0 radical (unpaired) electrons. The molecule has 1 aliphatic heterocycles. The zero-order valence-electron chi connectivity index (χ0n) is 11.1. The SMILES string of the molecule is O=C1NC(=S)N/C1=C\c1c(OC(F)F)ccc2ccccc12. The standard InChI is InChI=1S/C15H10F2N2O2S/c16-14(17)21-12-6-5-8-3-1-2-4-9(8)10(12)7-11-13(20)19-15(22)18-11/h1-7,14H,(H2,18,19,20,22)/b11-7-. The fourth-order valence-electron chi connectivity index (χ4n) is 2.25. The lowest BCUT2D eigenvalue weighted by Gasteiger charge is -2.11.